The number of esters is 1. The van der Waals surface area contributed by atoms with E-state index in [0.29, 0.717) is 23.8 Å². The highest BCUT2D eigenvalue weighted by atomic mass is 79.9. The molecule has 0 saturated carbocycles. The van der Waals surface area contributed by atoms with Crippen molar-refractivity contribution in [2.75, 3.05) is 12.3 Å². The zero-order valence-electron chi connectivity index (χ0n) is 10.2. The lowest BCUT2D eigenvalue weighted by Gasteiger charge is -2.13. The summed E-state index contributed by atoms with van der Waals surface area (Å²) in [6.45, 7) is 4.65. The number of nitrogen functional groups attached to an aromatic ring is 1. The predicted molar refractivity (Wildman–Crippen MR) is 72.9 cm³/mol. The average molecular weight is 300 g/mol. The lowest BCUT2D eigenvalue weighted by Crippen LogP contribution is -2.14. The van der Waals surface area contributed by atoms with Crippen LogP contribution in [0.3, 0.4) is 0 Å². The van der Waals surface area contributed by atoms with Gasteiger partial charge in [0.15, 0.2) is 0 Å². The van der Waals surface area contributed by atoms with Gasteiger partial charge in [-0.15, -0.1) is 0 Å². The number of carbonyl (C=O) groups is 1. The third-order valence-electron chi connectivity index (χ3n) is 2.84. The number of benzene rings is 1. The number of anilines is 1. The van der Waals surface area contributed by atoms with Crippen LogP contribution < -0.4 is 5.73 Å². The predicted octanol–water partition coefficient (Wildman–Crippen LogP) is 3.62. The van der Waals surface area contributed by atoms with Crippen molar-refractivity contribution in [1.82, 2.24) is 0 Å². The zero-order valence-corrected chi connectivity index (χ0v) is 11.8. The Bertz CT molecular complexity index is 389. The van der Waals surface area contributed by atoms with Crippen LogP contribution in [0.4, 0.5) is 5.69 Å². The summed E-state index contributed by atoms with van der Waals surface area (Å²) in [4.78, 5) is 11.8. The number of hydrogen-bond acceptors (Lipinski definition) is 3. The van der Waals surface area contributed by atoms with Crippen LogP contribution in [-0.4, -0.2) is 12.6 Å². The summed E-state index contributed by atoms with van der Waals surface area (Å²) in [5.41, 5.74) is 6.63. The first-order chi connectivity index (χ1) is 8.08. The van der Waals surface area contributed by atoms with E-state index >= 15 is 0 Å². The van der Waals surface area contributed by atoms with Crippen LogP contribution >= 0.6 is 15.9 Å². The van der Waals surface area contributed by atoms with Gasteiger partial charge in [-0.05, 0) is 24.1 Å². The van der Waals surface area contributed by atoms with Gasteiger partial charge in [0.05, 0.1) is 12.2 Å². The molecule has 0 atom stereocenters. The molecule has 0 heterocycles. The van der Waals surface area contributed by atoms with Crippen LogP contribution in [0.5, 0.6) is 0 Å². The molecule has 0 amide bonds. The summed E-state index contributed by atoms with van der Waals surface area (Å²) < 4.78 is 6.11. The Morgan fingerprint density at radius 3 is 2.59 bits per heavy atom. The third-order valence-corrected chi connectivity index (χ3v) is 3.33. The van der Waals surface area contributed by atoms with E-state index < -0.39 is 0 Å². The van der Waals surface area contributed by atoms with Crippen LogP contribution in [0.15, 0.2) is 22.7 Å². The topological polar surface area (TPSA) is 52.3 Å². The van der Waals surface area contributed by atoms with Crippen LogP contribution in [-0.2, 0) is 4.74 Å². The fourth-order valence-electron chi connectivity index (χ4n) is 1.52. The summed E-state index contributed by atoms with van der Waals surface area (Å²) in [5.74, 6) is 0.0810. The Kier molecular flexibility index (Phi) is 5.48. The van der Waals surface area contributed by atoms with Gasteiger partial charge in [0.25, 0.3) is 0 Å². The smallest absolute Gasteiger partial charge is 0.340 e. The van der Waals surface area contributed by atoms with Crippen molar-refractivity contribution >= 4 is 27.6 Å². The summed E-state index contributed by atoms with van der Waals surface area (Å²) in [6.07, 6.45) is 2.03. The van der Waals surface area contributed by atoms with E-state index in [1.54, 1.807) is 18.2 Å². The molecular formula is C13H18BrNO2. The molecule has 0 saturated heterocycles. The van der Waals surface area contributed by atoms with Gasteiger partial charge in [-0.3, -0.25) is 0 Å². The van der Waals surface area contributed by atoms with E-state index in [1.165, 1.54) is 0 Å². The van der Waals surface area contributed by atoms with Gasteiger partial charge in [0.2, 0.25) is 0 Å². The lowest BCUT2D eigenvalue weighted by atomic mass is 10.1. The number of rotatable bonds is 5. The largest absolute Gasteiger partial charge is 0.462 e. The molecule has 2 N–H and O–H groups in total. The molecule has 0 radical (unpaired) electrons. The monoisotopic (exact) mass is 299 g/mol. The minimum atomic E-state index is -0.345. The highest BCUT2D eigenvalue weighted by Gasteiger charge is 2.13. The molecule has 3 nitrogen and oxygen atoms in total. The van der Waals surface area contributed by atoms with Crippen molar-refractivity contribution in [3.8, 4) is 0 Å². The fourth-order valence-corrected chi connectivity index (χ4v) is 1.89. The summed E-state index contributed by atoms with van der Waals surface area (Å²) in [5, 5.41) is 0. The van der Waals surface area contributed by atoms with Gasteiger partial charge in [-0.2, -0.15) is 0 Å². The molecule has 0 aromatic heterocycles. The Morgan fingerprint density at radius 2 is 2.06 bits per heavy atom. The molecule has 0 spiro atoms. The van der Waals surface area contributed by atoms with E-state index in [4.69, 9.17) is 10.5 Å². The molecule has 0 aliphatic carbocycles. The Labute approximate surface area is 110 Å². The maximum atomic E-state index is 11.8. The highest BCUT2D eigenvalue weighted by Crippen LogP contribution is 2.20. The molecule has 0 fully saturated rings. The molecule has 1 aromatic carbocycles. The SMILES string of the molecule is CCC(CC)COC(=O)c1ccc(Br)cc1N. The lowest BCUT2D eigenvalue weighted by molar-refractivity contribution is 0.0434. The first-order valence-electron chi connectivity index (χ1n) is 5.80. The van der Waals surface area contributed by atoms with Crippen molar-refractivity contribution in [3.63, 3.8) is 0 Å². The van der Waals surface area contributed by atoms with Gasteiger partial charge in [-0.25, -0.2) is 4.79 Å². The molecule has 0 unspecified atom stereocenters. The Hall–Kier alpha value is -1.03. The normalized spacial score (nSPS) is 10.6. The molecule has 1 aromatic rings. The van der Waals surface area contributed by atoms with Crippen LogP contribution in [0, 0.1) is 5.92 Å². The quantitative estimate of drug-likeness (QED) is 0.667. The van der Waals surface area contributed by atoms with Gasteiger partial charge in [-0.1, -0.05) is 42.6 Å². The third kappa shape index (κ3) is 4.04. The summed E-state index contributed by atoms with van der Waals surface area (Å²) >= 11 is 3.30. The van der Waals surface area contributed by atoms with Gasteiger partial charge in [0.1, 0.15) is 0 Å². The molecule has 94 valence electrons. The first-order valence-corrected chi connectivity index (χ1v) is 6.59. The molecule has 0 bridgehead atoms. The van der Waals surface area contributed by atoms with E-state index in [9.17, 15) is 4.79 Å². The molecule has 0 aliphatic rings. The van der Waals surface area contributed by atoms with E-state index in [0.717, 1.165) is 17.3 Å². The van der Waals surface area contributed by atoms with Crippen LogP contribution in [0.1, 0.15) is 37.0 Å². The first kappa shape index (κ1) is 14.0. The fraction of sp³-hybridized carbons (Fsp3) is 0.462. The average Bonchev–Trinajstić information content (AvgIpc) is 2.30. The zero-order chi connectivity index (χ0) is 12.8. The van der Waals surface area contributed by atoms with Gasteiger partial charge >= 0.3 is 5.97 Å². The van der Waals surface area contributed by atoms with Crippen molar-refractivity contribution < 1.29 is 9.53 Å². The molecular weight excluding hydrogens is 282 g/mol. The molecule has 1 rings (SSSR count). The number of nitrogens with two attached hydrogens (primary N) is 1. The van der Waals surface area contributed by atoms with E-state index in [2.05, 4.69) is 29.8 Å². The highest BCUT2D eigenvalue weighted by molar-refractivity contribution is 9.10. The minimum absolute atomic E-state index is 0.345. The maximum Gasteiger partial charge on any atom is 0.340 e. The van der Waals surface area contributed by atoms with E-state index in [1.807, 2.05) is 0 Å². The van der Waals surface area contributed by atoms with Crippen LogP contribution in [0.2, 0.25) is 0 Å². The standard InChI is InChI=1S/C13H18BrNO2/c1-3-9(4-2)8-17-13(16)11-6-5-10(14)7-12(11)15/h5-7,9H,3-4,8,15H2,1-2H3. The van der Waals surface area contributed by atoms with Crippen molar-refractivity contribution in [3.05, 3.63) is 28.2 Å². The Morgan fingerprint density at radius 1 is 1.41 bits per heavy atom. The minimum Gasteiger partial charge on any atom is -0.462 e. The van der Waals surface area contributed by atoms with Crippen molar-refractivity contribution in [2.24, 2.45) is 5.92 Å². The number of carbonyl (C=O) groups excluding carboxylic acids is 1. The number of halogens is 1. The van der Waals surface area contributed by atoms with Gasteiger partial charge < -0.3 is 10.5 Å². The van der Waals surface area contributed by atoms with Crippen molar-refractivity contribution in [2.45, 2.75) is 26.7 Å². The Balaban J connectivity index is 2.64. The number of hydrogen-bond donors (Lipinski definition) is 1. The molecule has 4 heteroatoms. The summed E-state index contributed by atoms with van der Waals surface area (Å²) in [6, 6.07) is 5.16. The van der Waals surface area contributed by atoms with Crippen molar-refractivity contribution in [1.29, 1.82) is 0 Å². The van der Waals surface area contributed by atoms with Gasteiger partial charge in [0, 0.05) is 10.2 Å². The number of ether oxygens (including phenoxy) is 1. The maximum absolute atomic E-state index is 11.8. The molecule has 17 heavy (non-hydrogen) atoms. The second kappa shape index (κ2) is 6.64. The second-order valence-corrected chi connectivity index (χ2v) is 4.93. The summed E-state index contributed by atoms with van der Waals surface area (Å²) in [7, 11) is 0. The second-order valence-electron chi connectivity index (χ2n) is 4.01. The van der Waals surface area contributed by atoms with E-state index in [-0.39, 0.29) is 5.97 Å². The molecule has 0 aliphatic heterocycles. The van der Waals surface area contributed by atoms with Crippen LogP contribution in [0.25, 0.3) is 0 Å².